The van der Waals surface area contributed by atoms with E-state index in [4.69, 9.17) is 4.74 Å². The fourth-order valence-electron chi connectivity index (χ4n) is 9.05. The van der Waals surface area contributed by atoms with Crippen molar-refractivity contribution >= 4 is 40.5 Å². The number of halogens is 1. The average molecular weight is 983 g/mol. The van der Waals surface area contributed by atoms with Gasteiger partial charge in [-0.15, -0.1) is 11.8 Å². The number of nitrogens with one attached hydrogen (secondary N) is 2. The van der Waals surface area contributed by atoms with E-state index in [0.717, 1.165) is 106 Å². The van der Waals surface area contributed by atoms with Crippen molar-refractivity contribution in [1.82, 2.24) is 34.8 Å². The highest BCUT2D eigenvalue weighted by atomic mass is 19.1. The van der Waals surface area contributed by atoms with Crippen LogP contribution in [0.4, 0.5) is 14.9 Å². The Hall–Kier alpha value is -6.60. The molecule has 0 radical (unpaired) electrons. The number of aryl methyl sites for hydroxylation is 1. The van der Waals surface area contributed by atoms with Crippen LogP contribution in [-0.2, 0) is 22.4 Å². The quantitative estimate of drug-likeness (QED) is 0.0742. The van der Waals surface area contributed by atoms with Crippen molar-refractivity contribution in [2.75, 3.05) is 77.8 Å². The number of rotatable bonds is 11. The van der Waals surface area contributed by atoms with Crippen molar-refractivity contribution < 1.29 is 28.3 Å². The normalized spacial score (nSPS) is 17.6. The number of likely N-dealkylation sites (N-methyl/N-ethyl adjacent to an activating group) is 1. The molecule has 72 heavy (non-hydrogen) atoms. The average Bonchev–Trinajstić information content (AvgIpc) is 3.35. The summed E-state index contributed by atoms with van der Waals surface area (Å²) in [5.41, 5.74) is 4.14. The number of aromatic nitrogens is 3. The smallest absolute Gasteiger partial charge is 0.412 e. The molecule has 3 aromatic carbocycles. The zero-order valence-electron chi connectivity index (χ0n) is 43.1. The van der Waals surface area contributed by atoms with Crippen LogP contribution in [0.1, 0.15) is 105 Å². The van der Waals surface area contributed by atoms with Crippen LogP contribution in [0.2, 0.25) is 0 Å². The van der Waals surface area contributed by atoms with Gasteiger partial charge in [0.25, 0.3) is 5.56 Å². The van der Waals surface area contributed by atoms with E-state index in [9.17, 15) is 28.4 Å². The van der Waals surface area contributed by atoms with E-state index in [1.54, 1.807) is 51.2 Å². The maximum Gasteiger partial charge on any atom is 0.412 e. The number of pyridine rings is 1. The van der Waals surface area contributed by atoms with Gasteiger partial charge < -0.3 is 19.4 Å². The highest BCUT2D eigenvalue weighted by Crippen LogP contribution is 2.27. The van der Waals surface area contributed by atoms with Crippen LogP contribution in [0, 0.1) is 29.5 Å². The number of piperazine rings is 2. The van der Waals surface area contributed by atoms with Gasteiger partial charge >= 0.3 is 6.09 Å². The summed E-state index contributed by atoms with van der Waals surface area (Å²) >= 11 is 0. The molecule has 15 heteroatoms. The molecule has 5 aromatic rings. The Labute approximate surface area is 423 Å². The fraction of sp³-hybridized carbons (Fsp3) is 0.456. The van der Waals surface area contributed by atoms with Crippen molar-refractivity contribution in [3.8, 4) is 23.0 Å². The van der Waals surface area contributed by atoms with Crippen LogP contribution in [0.25, 0.3) is 21.9 Å². The number of nitrogens with zero attached hydrogens (tertiary/aromatic N) is 6. The zero-order chi connectivity index (χ0) is 51.8. The summed E-state index contributed by atoms with van der Waals surface area (Å²) in [6.45, 7) is 21.0. The van der Waals surface area contributed by atoms with E-state index < -0.39 is 17.5 Å². The van der Waals surface area contributed by atoms with Crippen LogP contribution in [0.5, 0.6) is 0 Å². The lowest BCUT2D eigenvalue weighted by molar-refractivity contribution is -0.134. The molecule has 2 N–H and O–H groups in total. The van der Waals surface area contributed by atoms with Crippen molar-refractivity contribution in [2.24, 2.45) is 11.8 Å². The molecule has 8 rings (SSSR count). The van der Waals surface area contributed by atoms with E-state index in [1.807, 2.05) is 29.2 Å². The minimum absolute atomic E-state index is 0.0150. The lowest BCUT2D eigenvalue weighted by Gasteiger charge is -2.38. The van der Waals surface area contributed by atoms with Crippen LogP contribution in [-0.4, -0.2) is 137 Å². The number of ketones is 1. The molecule has 2 aromatic heterocycles. The first-order valence-electron chi connectivity index (χ1n) is 25.2. The second-order valence-electron chi connectivity index (χ2n) is 20.1. The van der Waals surface area contributed by atoms with Crippen LogP contribution in [0.15, 0.2) is 83.8 Å². The van der Waals surface area contributed by atoms with E-state index in [-0.39, 0.29) is 22.6 Å². The van der Waals surface area contributed by atoms with Crippen molar-refractivity contribution in [3.05, 3.63) is 123 Å². The molecule has 3 aliphatic rings. The van der Waals surface area contributed by atoms with Gasteiger partial charge in [-0.3, -0.25) is 34.4 Å². The minimum Gasteiger partial charge on any atom is -0.444 e. The van der Waals surface area contributed by atoms with E-state index in [2.05, 4.69) is 80.1 Å². The number of amides is 2. The van der Waals surface area contributed by atoms with E-state index in [1.165, 1.54) is 44.0 Å². The van der Waals surface area contributed by atoms with Gasteiger partial charge in [-0.25, -0.2) is 14.3 Å². The number of carbonyl (C=O) groups excluding carboxylic acids is 4. The van der Waals surface area contributed by atoms with Gasteiger partial charge in [0.15, 0.2) is 12.1 Å². The molecular formula is C57H71FN8O6. The van der Waals surface area contributed by atoms with Gasteiger partial charge in [-0.2, -0.15) is 5.10 Å². The number of fused-ring (bicyclic) bond motifs is 1. The number of hydrogen-bond acceptors (Lipinski definition) is 11. The Bertz CT molecular complexity index is 2780. The third-order valence-electron chi connectivity index (χ3n) is 13.1. The number of benzene rings is 3. The molecule has 2 atom stereocenters. The summed E-state index contributed by atoms with van der Waals surface area (Å²) in [4.78, 5) is 72.4. The zero-order valence-corrected chi connectivity index (χ0v) is 43.1. The van der Waals surface area contributed by atoms with Gasteiger partial charge in [0.1, 0.15) is 17.1 Å². The molecule has 2 fully saturated rings. The molecule has 14 nitrogen and oxygen atoms in total. The maximum absolute atomic E-state index is 13.3. The number of carbonyl (C=O) groups is 4. The molecule has 1 aliphatic carbocycles. The van der Waals surface area contributed by atoms with E-state index >= 15 is 0 Å². The number of Topliss-reactive ketones (excluding diaryl/α,β-unsaturated/α-hetero) is 1. The van der Waals surface area contributed by atoms with E-state index in [0.29, 0.717) is 41.9 Å². The molecule has 2 aliphatic heterocycles. The summed E-state index contributed by atoms with van der Waals surface area (Å²) in [6, 6.07) is 21.3. The lowest BCUT2D eigenvalue weighted by atomic mass is 9.88. The summed E-state index contributed by atoms with van der Waals surface area (Å²) in [6.07, 6.45) is 7.55. The first kappa shape index (κ1) is 54.7. The molecule has 2 unspecified atom stereocenters. The van der Waals surface area contributed by atoms with Gasteiger partial charge in [-0.1, -0.05) is 62.4 Å². The Morgan fingerprint density at radius 1 is 0.889 bits per heavy atom. The topological polar surface area (TPSA) is 161 Å². The third-order valence-corrected chi connectivity index (χ3v) is 13.1. The van der Waals surface area contributed by atoms with Gasteiger partial charge in [0, 0.05) is 102 Å². The van der Waals surface area contributed by atoms with Gasteiger partial charge in [0.2, 0.25) is 5.91 Å². The van der Waals surface area contributed by atoms with Crippen molar-refractivity contribution in [3.63, 3.8) is 0 Å². The SMILES string of the molecule is CC1CCC#CCC(CN2CCN(CC(=O)N3CCN(C)CC3)CC2)C1.CCc1cccc(-c2cnc(C(C)=O)c(NC(=O)OC(C)(C)C)c2)c1.O=Cc1cc(Cc2n[nH]c(=O)c3ccccc23)ccc1F. The van der Waals surface area contributed by atoms with Crippen molar-refractivity contribution in [2.45, 2.75) is 85.7 Å². The molecule has 0 saturated carbocycles. The standard InChI is InChI=1S/C21H36N4O.C20H24N2O3.C16H11FN2O2/c1-19-6-4-3-5-7-20(16-19)17-23-10-12-24(13-11-23)18-21(26)25-14-8-22(2)9-15-25;1-6-14-8-7-9-15(10-14)16-11-17(18(13(2)23)21-12-16)22-19(24)25-20(3,4)5;17-14-6-5-10(7-11(14)9-20)8-15-12-3-1-2-4-13(12)16(21)19-18-15/h19-20H,4,6-18H2,1-2H3;7-12H,6H2,1-5H3,(H,22,24);1-7,9H,8H2,(H,19,21). The number of hydrogen-bond donors (Lipinski definition) is 2. The Morgan fingerprint density at radius 3 is 2.31 bits per heavy atom. The molecule has 382 valence electrons. The number of anilines is 1. The summed E-state index contributed by atoms with van der Waals surface area (Å²) in [7, 11) is 2.13. The fourth-order valence-corrected chi connectivity index (χ4v) is 9.05. The highest BCUT2D eigenvalue weighted by Gasteiger charge is 2.26. The first-order chi connectivity index (χ1) is 34.5. The second-order valence-corrected chi connectivity index (χ2v) is 20.1. The predicted molar refractivity (Wildman–Crippen MR) is 282 cm³/mol. The number of aromatic amines is 1. The lowest BCUT2D eigenvalue weighted by Crippen LogP contribution is -2.53. The number of ether oxygens (including phenoxy) is 1. The summed E-state index contributed by atoms with van der Waals surface area (Å²) in [5.74, 6) is 7.77. The largest absolute Gasteiger partial charge is 0.444 e. The number of aldehydes is 1. The second kappa shape index (κ2) is 26.2. The van der Waals surface area contributed by atoms with Crippen LogP contribution >= 0.6 is 0 Å². The Morgan fingerprint density at radius 2 is 1.61 bits per heavy atom. The monoisotopic (exact) mass is 983 g/mol. The van der Waals surface area contributed by atoms with Crippen molar-refractivity contribution in [1.29, 1.82) is 0 Å². The molecule has 0 bridgehead atoms. The number of H-pyrrole nitrogens is 1. The third kappa shape index (κ3) is 16.5. The summed E-state index contributed by atoms with van der Waals surface area (Å²) in [5, 5.41) is 10.5. The van der Waals surface area contributed by atoms with Crippen LogP contribution < -0.4 is 10.9 Å². The van der Waals surface area contributed by atoms with Gasteiger partial charge in [-0.05, 0) is 99.9 Å². The Kier molecular flexibility index (Phi) is 19.9. The van der Waals surface area contributed by atoms with Crippen LogP contribution in [0.3, 0.4) is 0 Å². The van der Waals surface area contributed by atoms with Gasteiger partial charge in [0.05, 0.1) is 28.9 Å². The molecule has 2 amide bonds. The highest BCUT2D eigenvalue weighted by molar-refractivity contribution is 6.01. The Balaban J connectivity index is 0.000000177. The molecule has 4 heterocycles. The predicted octanol–water partition coefficient (Wildman–Crippen LogP) is 8.53. The minimum atomic E-state index is -0.624. The first-order valence-corrected chi connectivity index (χ1v) is 25.2. The summed E-state index contributed by atoms with van der Waals surface area (Å²) < 4.78 is 18.6. The molecule has 2 saturated heterocycles. The maximum atomic E-state index is 13.3. The molecular weight excluding hydrogens is 912 g/mol. The molecule has 0 spiro atoms.